The molecular formula is C23H23Cl2Zr. The van der Waals surface area contributed by atoms with Crippen LogP contribution in [0.1, 0.15) is 49.4 Å². The molecule has 26 heavy (non-hydrogen) atoms. The smallest absolute Gasteiger partial charge is 1.00 e. The minimum absolute atomic E-state index is 0. The zero-order chi connectivity index (χ0) is 17.1. The van der Waals surface area contributed by atoms with Gasteiger partial charge in [0.25, 0.3) is 0 Å². The van der Waals surface area contributed by atoms with E-state index in [0.717, 1.165) is 12.8 Å². The maximum absolute atomic E-state index is 2.46. The molecule has 3 heteroatoms. The summed E-state index contributed by atoms with van der Waals surface area (Å²) in [5.74, 6) is 0. The van der Waals surface area contributed by atoms with Gasteiger partial charge in [0, 0.05) is 0 Å². The van der Waals surface area contributed by atoms with E-state index in [1.807, 2.05) is 0 Å². The molecule has 0 fully saturated rings. The molecule has 0 saturated carbocycles. The van der Waals surface area contributed by atoms with Gasteiger partial charge in [-0.2, -0.15) is 0 Å². The second-order valence-electron chi connectivity index (χ2n) is 8.05. The van der Waals surface area contributed by atoms with E-state index < -0.39 is 0 Å². The Kier molecular flexibility index (Phi) is 6.49. The molecule has 2 aromatic carbocycles. The summed E-state index contributed by atoms with van der Waals surface area (Å²) < 4.78 is 1.56. The number of hydrogen-bond acceptors (Lipinski definition) is 0. The molecule has 2 aliphatic rings. The van der Waals surface area contributed by atoms with Gasteiger partial charge in [0.15, 0.2) is 0 Å². The molecule has 0 atom stereocenters. The number of hydrogen-bond donors (Lipinski definition) is 0. The number of aryl methyl sites for hydroxylation is 1. The van der Waals surface area contributed by atoms with Gasteiger partial charge in [0.1, 0.15) is 0 Å². The maximum Gasteiger partial charge on any atom is -1.00 e. The van der Waals surface area contributed by atoms with Gasteiger partial charge in [-0.05, 0) is 0 Å². The molecule has 0 aliphatic heterocycles. The van der Waals surface area contributed by atoms with Crippen LogP contribution >= 0.6 is 0 Å². The standard InChI is InChI=1S/C23H23.2ClH.Zr/c1-15-12-17-14-16-8-5-6-9-18(16)22(17)20(13-15)19-10-7-11-21(19)23(2,3)4;;;/h5-9,11,13H,10,14H2,1-4H3;2*1H;/q;;;+2/p-2. The van der Waals surface area contributed by atoms with Gasteiger partial charge < -0.3 is 24.8 Å². The Bertz CT molecular complexity index is 915. The van der Waals surface area contributed by atoms with Crippen LogP contribution in [-0.2, 0) is 31.1 Å². The van der Waals surface area contributed by atoms with Crippen molar-refractivity contribution in [3.63, 3.8) is 0 Å². The molecule has 0 saturated heterocycles. The number of halogens is 2. The number of allylic oxidation sites excluding steroid dienone is 4. The van der Waals surface area contributed by atoms with Crippen LogP contribution in [-0.4, -0.2) is 0 Å². The van der Waals surface area contributed by atoms with Crippen molar-refractivity contribution in [2.45, 2.75) is 40.5 Å². The molecule has 0 radical (unpaired) electrons. The van der Waals surface area contributed by atoms with E-state index in [1.54, 1.807) is 8.83 Å². The van der Waals surface area contributed by atoms with E-state index in [2.05, 4.69) is 70.2 Å². The Morgan fingerprint density at radius 3 is 2.38 bits per heavy atom. The fourth-order valence-electron chi connectivity index (χ4n) is 4.18. The number of benzene rings is 2. The van der Waals surface area contributed by atoms with Crippen LogP contribution in [0.15, 0.2) is 48.1 Å². The molecule has 4 rings (SSSR count). The van der Waals surface area contributed by atoms with Crippen LogP contribution in [0, 0.1) is 12.3 Å². The quantitative estimate of drug-likeness (QED) is 0.459. The molecular weight excluding hydrogens is 438 g/mol. The van der Waals surface area contributed by atoms with Gasteiger partial charge in [0.2, 0.25) is 0 Å². The zero-order valence-corrected chi connectivity index (χ0v) is 19.7. The number of fused-ring (bicyclic) bond motifs is 3. The van der Waals surface area contributed by atoms with Crippen molar-refractivity contribution in [2.24, 2.45) is 5.41 Å². The molecule has 0 amide bonds. The molecule has 0 spiro atoms. The monoisotopic (exact) mass is 459 g/mol. The largest absolute Gasteiger partial charge is 1.00 e. The molecule has 0 nitrogen and oxygen atoms in total. The summed E-state index contributed by atoms with van der Waals surface area (Å²) in [6.45, 7) is 9.28. The summed E-state index contributed by atoms with van der Waals surface area (Å²) in [7, 11) is 0. The van der Waals surface area contributed by atoms with E-state index in [1.165, 1.54) is 63.7 Å². The second kappa shape index (κ2) is 7.78. The van der Waals surface area contributed by atoms with Crippen molar-refractivity contribution in [1.29, 1.82) is 0 Å². The van der Waals surface area contributed by atoms with Gasteiger partial charge in [0.05, 0.1) is 0 Å². The first kappa shape index (κ1) is 21.7. The van der Waals surface area contributed by atoms with E-state index in [-0.39, 0.29) is 30.2 Å². The van der Waals surface area contributed by atoms with Crippen molar-refractivity contribution < 1.29 is 49.5 Å². The fraction of sp³-hybridized carbons (Fsp3) is 0.304. The van der Waals surface area contributed by atoms with E-state index in [4.69, 9.17) is 0 Å². The predicted molar refractivity (Wildman–Crippen MR) is 99.2 cm³/mol. The molecule has 0 heterocycles. The van der Waals surface area contributed by atoms with E-state index >= 15 is 0 Å². The van der Waals surface area contributed by atoms with Gasteiger partial charge in [-0.3, -0.25) is 0 Å². The summed E-state index contributed by atoms with van der Waals surface area (Å²) in [5, 5.41) is 0. The Morgan fingerprint density at radius 2 is 1.69 bits per heavy atom. The van der Waals surface area contributed by atoms with Crippen molar-refractivity contribution in [3.05, 3.63) is 70.3 Å². The van der Waals surface area contributed by atoms with Crippen LogP contribution in [0.25, 0.3) is 16.7 Å². The minimum Gasteiger partial charge on any atom is -1.00 e. The molecule has 0 unspecified atom stereocenters. The van der Waals surface area contributed by atoms with Crippen LogP contribution < -0.4 is 28.1 Å². The maximum atomic E-state index is 2.46. The van der Waals surface area contributed by atoms with Crippen LogP contribution in [0.2, 0.25) is 0 Å². The third-order valence-corrected chi connectivity index (χ3v) is 7.06. The average Bonchev–Trinajstić information content (AvgIpc) is 3.15. The molecule has 133 valence electrons. The Hall–Kier alpha value is -0.617. The predicted octanol–water partition coefficient (Wildman–Crippen LogP) is -0.494. The van der Waals surface area contributed by atoms with Crippen LogP contribution in [0.5, 0.6) is 0 Å². The Labute approximate surface area is 184 Å². The molecule has 0 aromatic heterocycles. The Morgan fingerprint density at radius 1 is 1.00 bits per heavy atom. The second-order valence-corrected chi connectivity index (χ2v) is 9.28. The van der Waals surface area contributed by atoms with Gasteiger partial charge >= 0.3 is 161 Å². The van der Waals surface area contributed by atoms with E-state index in [0.29, 0.717) is 0 Å². The van der Waals surface area contributed by atoms with Crippen LogP contribution in [0.4, 0.5) is 0 Å². The number of rotatable bonds is 1. The summed E-state index contributed by atoms with van der Waals surface area (Å²) >= 11 is 1.53. The minimum atomic E-state index is 0. The summed E-state index contributed by atoms with van der Waals surface area (Å²) in [5.41, 5.74) is 12.2. The third-order valence-electron chi connectivity index (χ3n) is 5.35. The zero-order valence-electron chi connectivity index (χ0n) is 15.7. The van der Waals surface area contributed by atoms with E-state index in [9.17, 15) is 0 Å². The van der Waals surface area contributed by atoms with Crippen molar-refractivity contribution >= 4 is 8.84 Å². The Balaban J connectivity index is 0.00000121. The summed E-state index contributed by atoms with van der Waals surface area (Å²) in [6.07, 6.45) is 6.86. The van der Waals surface area contributed by atoms with Gasteiger partial charge in [-0.15, -0.1) is 0 Å². The first-order valence-electron chi connectivity index (χ1n) is 8.75. The van der Waals surface area contributed by atoms with Gasteiger partial charge in [-0.1, -0.05) is 0 Å². The first-order chi connectivity index (χ1) is 11.4. The third kappa shape index (κ3) is 3.44. The molecule has 0 N–H and O–H groups in total. The topological polar surface area (TPSA) is 0 Å². The van der Waals surface area contributed by atoms with Crippen molar-refractivity contribution in [3.8, 4) is 11.1 Å². The fourth-order valence-corrected chi connectivity index (χ4v) is 4.88. The summed E-state index contributed by atoms with van der Waals surface area (Å²) in [6, 6.07) is 11.4. The normalized spacial score (nSPS) is 14.7. The molecule has 0 bridgehead atoms. The first-order valence-corrected chi connectivity index (χ1v) is 9.97. The molecule has 2 aromatic rings. The SMILES string of the molecule is Cc1cc(C2=C(C(C)(C)C)C=CC2)c2c([c]1[Zr+2])Cc1ccccc1-2.[Cl-].[Cl-]. The molecule has 2 aliphatic carbocycles. The average molecular weight is 462 g/mol. The van der Waals surface area contributed by atoms with Gasteiger partial charge in [-0.25, -0.2) is 0 Å². The van der Waals surface area contributed by atoms with Crippen molar-refractivity contribution in [2.75, 3.05) is 0 Å². The summed E-state index contributed by atoms with van der Waals surface area (Å²) in [4.78, 5) is 0. The van der Waals surface area contributed by atoms with Crippen molar-refractivity contribution in [1.82, 2.24) is 0 Å². The van der Waals surface area contributed by atoms with Crippen LogP contribution in [0.3, 0.4) is 0 Å².